The molecule has 0 N–H and O–H groups in total. The Labute approximate surface area is 173 Å². The van der Waals surface area contributed by atoms with Gasteiger partial charge < -0.3 is 4.90 Å². The summed E-state index contributed by atoms with van der Waals surface area (Å²) in [6.45, 7) is 4.62. The predicted octanol–water partition coefficient (Wildman–Crippen LogP) is 1.21. The maximum atomic E-state index is 12.8. The van der Waals surface area contributed by atoms with Gasteiger partial charge in [-0.1, -0.05) is 6.92 Å². The fraction of sp³-hybridized carbons (Fsp3) is 0.632. The molecule has 0 bridgehead atoms. The van der Waals surface area contributed by atoms with Crippen LogP contribution in [0.25, 0.3) is 0 Å². The van der Waals surface area contributed by atoms with E-state index in [4.69, 9.17) is 0 Å². The second kappa shape index (κ2) is 8.71. The van der Waals surface area contributed by atoms with Gasteiger partial charge in [0, 0.05) is 44.8 Å². The molecular weight excluding hydrogens is 414 g/mol. The van der Waals surface area contributed by atoms with Gasteiger partial charge in [0.05, 0.1) is 11.2 Å². The van der Waals surface area contributed by atoms with Crippen LogP contribution in [-0.2, 0) is 20.0 Å². The normalized spacial score (nSPS) is 21.1. The first-order valence-electron chi connectivity index (χ1n) is 9.93. The van der Waals surface area contributed by atoms with E-state index in [2.05, 4.69) is 6.92 Å². The third kappa shape index (κ3) is 5.17. The monoisotopic (exact) mass is 443 g/mol. The maximum Gasteiger partial charge on any atom is 0.253 e. The highest BCUT2D eigenvalue weighted by atomic mass is 32.2. The van der Waals surface area contributed by atoms with Crippen molar-refractivity contribution in [2.24, 2.45) is 5.92 Å². The number of rotatable bonds is 4. The molecule has 2 aliphatic heterocycles. The van der Waals surface area contributed by atoms with Crippen LogP contribution in [0.2, 0.25) is 0 Å². The summed E-state index contributed by atoms with van der Waals surface area (Å²) in [6, 6.07) is 6.06. The van der Waals surface area contributed by atoms with Crippen LogP contribution in [0.4, 0.5) is 0 Å². The minimum Gasteiger partial charge on any atom is -0.337 e. The molecule has 3 rings (SSSR count). The number of benzene rings is 1. The number of hydrogen-bond donors (Lipinski definition) is 0. The smallest absolute Gasteiger partial charge is 0.253 e. The summed E-state index contributed by atoms with van der Waals surface area (Å²) in [5.74, 6) is 0.324. The number of nitrogens with zero attached hydrogens (tertiary/aromatic N) is 3. The summed E-state index contributed by atoms with van der Waals surface area (Å²) in [6.07, 6.45) is 3.45. The van der Waals surface area contributed by atoms with Crippen molar-refractivity contribution in [3.05, 3.63) is 29.8 Å². The zero-order valence-corrected chi connectivity index (χ0v) is 18.6. The van der Waals surface area contributed by atoms with E-state index in [1.165, 1.54) is 27.0 Å². The lowest BCUT2D eigenvalue weighted by molar-refractivity contribution is 0.0764. The minimum atomic E-state index is -3.55. The first kappa shape index (κ1) is 22.2. The highest BCUT2D eigenvalue weighted by Gasteiger charge is 2.29. The van der Waals surface area contributed by atoms with Crippen molar-refractivity contribution in [3.63, 3.8) is 0 Å². The summed E-state index contributed by atoms with van der Waals surface area (Å²) in [5.41, 5.74) is 0.407. The summed E-state index contributed by atoms with van der Waals surface area (Å²) in [7, 11) is -6.82. The van der Waals surface area contributed by atoms with Crippen LogP contribution in [0.15, 0.2) is 29.2 Å². The Morgan fingerprint density at radius 3 is 2.07 bits per heavy atom. The highest BCUT2D eigenvalue weighted by molar-refractivity contribution is 7.89. The van der Waals surface area contributed by atoms with Crippen LogP contribution in [0.5, 0.6) is 0 Å². The van der Waals surface area contributed by atoms with Gasteiger partial charge in [0.2, 0.25) is 20.0 Å². The quantitative estimate of drug-likeness (QED) is 0.697. The molecule has 0 aliphatic carbocycles. The number of hydrogen-bond acceptors (Lipinski definition) is 5. The fourth-order valence-corrected chi connectivity index (χ4v) is 6.10. The molecule has 1 amide bonds. The number of amides is 1. The summed E-state index contributed by atoms with van der Waals surface area (Å²) in [5, 5.41) is 0. The van der Waals surface area contributed by atoms with Crippen LogP contribution in [0, 0.1) is 5.92 Å². The minimum absolute atomic E-state index is 0.197. The average molecular weight is 444 g/mol. The van der Waals surface area contributed by atoms with Gasteiger partial charge in [0.1, 0.15) is 0 Å². The first-order chi connectivity index (χ1) is 13.6. The van der Waals surface area contributed by atoms with E-state index in [0.29, 0.717) is 50.6 Å². The third-order valence-corrected chi connectivity index (χ3v) is 8.91. The fourth-order valence-electron chi connectivity index (χ4n) is 3.75. The number of carbonyl (C=O) groups excluding carboxylic acids is 1. The number of sulfonamides is 2. The van der Waals surface area contributed by atoms with Gasteiger partial charge >= 0.3 is 0 Å². The molecule has 10 heteroatoms. The van der Waals surface area contributed by atoms with Gasteiger partial charge in [-0.2, -0.15) is 4.31 Å². The first-order valence-corrected chi connectivity index (χ1v) is 13.2. The van der Waals surface area contributed by atoms with Crippen molar-refractivity contribution in [1.82, 2.24) is 13.5 Å². The molecule has 0 aromatic heterocycles. The molecule has 2 aliphatic rings. The Bertz CT molecular complexity index is 937. The Balaban J connectivity index is 1.69. The van der Waals surface area contributed by atoms with Gasteiger partial charge in [0.15, 0.2) is 0 Å². The van der Waals surface area contributed by atoms with Crippen LogP contribution < -0.4 is 0 Å². The molecule has 0 saturated carbocycles. The largest absolute Gasteiger partial charge is 0.337 e. The summed E-state index contributed by atoms with van der Waals surface area (Å²) in [4.78, 5) is 14.6. The highest BCUT2D eigenvalue weighted by Crippen LogP contribution is 2.24. The van der Waals surface area contributed by atoms with Gasteiger partial charge in [0.25, 0.3) is 5.91 Å². The van der Waals surface area contributed by atoms with Gasteiger partial charge in [-0.25, -0.2) is 21.1 Å². The summed E-state index contributed by atoms with van der Waals surface area (Å²) < 4.78 is 52.0. The molecule has 0 radical (unpaired) electrons. The predicted molar refractivity (Wildman–Crippen MR) is 111 cm³/mol. The number of carbonyl (C=O) groups is 1. The SMILES string of the molecule is CC1CCN(S(=O)(=O)c2ccc(C(=O)N3CCCN(S(C)(=O)=O)CC3)cc2)CC1. The second-order valence-electron chi connectivity index (χ2n) is 7.92. The lowest BCUT2D eigenvalue weighted by atomic mass is 10.0. The Hall–Kier alpha value is -1.49. The van der Waals surface area contributed by atoms with E-state index in [-0.39, 0.29) is 17.3 Å². The molecule has 2 saturated heterocycles. The molecule has 0 spiro atoms. The molecule has 0 atom stereocenters. The molecule has 1 aromatic carbocycles. The van der Waals surface area contributed by atoms with E-state index >= 15 is 0 Å². The molecule has 2 heterocycles. The van der Waals surface area contributed by atoms with Gasteiger partial charge in [-0.05, 0) is 49.4 Å². The zero-order valence-electron chi connectivity index (χ0n) is 17.0. The van der Waals surface area contributed by atoms with Crippen molar-refractivity contribution < 1.29 is 21.6 Å². The standard InChI is InChI=1S/C19H29N3O5S2/c1-16-8-12-22(13-9-16)29(26,27)18-6-4-17(5-7-18)19(23)20-10-3-11-21(15-14-20)28(2,24)25/h4-7,16H,3,8-15H2,1-2H3. The van der Waals surface area contributed by atoms with Crippen molar-refractivity contribution in [2.45, 2.75) is 31.1 Å². The van der Waals surface area contributed by atoms with Crippen molar-refractivity contribution in [2.75, 3.05) is 45.5 Å². The number of piperidine rings is 1. The van der Waals surface area contributed by atoms with E-state index in [9.17, 15) is 21.6 Å². The molecule has 29 heavy (non-hydrogen) atoms. The molecular formula is C19H29N3O5S2. The second-order valence-corrected chi connectivity index (χ2v) is 11.8. The lowest BCUT2D eigenvalue weighted by Crippen LogP contribution is -2.38. The van der Waals surface area contributed by atoms with Crippen molar-refractivity contribution in [3.8, 4) is 0 Å². The van der Waals surface area contributed by atoms with Crippen molar-refractivity contribution in [1.29, 1.82) is 0 Å². The average Bonchev–Trinajstić information content (AvgIpc) is 2.94. The maximum absolute atomic E-state index is 12.8. The molecule has 8 nitrogen and oxygen atoms in total. The van der Waals surface area contributed by atoms with Gasteiger partial charge in [-0.15, -0.1) is 0 Å². The molecule has 0 unspecified atom stereocenters. The topological polar surface area (TPSA) is 95.1 Å². The lowest BCUT2D eigenvalue weighted by Gasteiger charge is -2.29. The summed E-state index contributed by atoms with van der Waals surface area (Å²) >= 11 is 0. The molecule has 1 aromatic rings. The third-order valence-electron chi connectivity index (χ3n) is 5.69. The van der Waals surface area contributed by atoms with Crippen LogP contribution in [-0.4, -0.2) is 81.8 Å². The Morgan fingerprint density at radius 1 is 0.862 bits per heavy atom. The van der Waals surface area contributed by atoms with Crippen LogP contribution >= 0.6 is 0 Å². The zero-order chi connectivity index (χ0) is 21.2. The van der Waals surface area contributed by atoms with E-state index in [1.807, 2.05) is 0 Å². The van der Waals surface area contributed by atoms with Crippen molar-refractivity contribution >= 4 is 26.0 Å². The van der Waals surface area contributed by atoms with Gasteiger partial charge in [-0.3, -0.25) is 4.79 Å². The van der Waals surface area contributed by atoms with Crippen LogP contribution in [0.1, 0.15) is 36.5 Å². The molecule has 2 fully saturated rings. The Morgan fingerprint density at radius 2 is 1.48 bits per heavy atom. The van der Waals surface area contributed by atoms with E-state index in [0.717, 1.165) is 12.8 Å². The Kier molecular flexibility index (Phi) is 6.67. The van der Waals surface area contributed by atoms with E-state index < -0.39 is 20.0 Å². The van der Waals surface area contributed by atoms with Crippen LogP contribution in [0.3, 0.4) is 0 Å². The van der Waals surface area contributed by atoms with E-state index in [1.54, 1.807) is 17.0 Å². The molecule has 162 valence electrons.